The van der Waals surface area contributed by atoms with Gasteiger partial charge in [0.25, 0.3) is 0 Å². The lowest BCUT2D eigenvalue weighted by Gasteiger charge is -2.18. The molecule has 0 aliphatic heterocycles. The molecule has 4 aromatic rings. The van der Waals surface area contributed by atoms with Crippen LogP contribution < -0.4 is 16.8 Å². The number of amidine groups is 1. The molecule has 0 spiro atoms. The molecule has 1 fully saturated rings. The van der Waals surface area contributed by atoms with E-state index in [0.29, 0.717) is 10.6 Å². The number of nitrogens with one attached hydrogen (secondary N) is 1. The fourth-order valence-electron chi connectivity index (χ4n) is 4.94. The van der Waals surface area contributed by atoms with Crippen LogP contribution in [-0.4, -0.2) is 46.5 Å². The van der Waals surface area contributed by atoms with E-state index < -0.39 is 5.82 Å². The molecule has 2 atom stereocenters. The Bertz CT molecular complexity index is 1460. The minimum Gasteiger partial charge on any atom is -0.383 e. The fourth-order valence-corrected chi connectivity index (χ4v) is 5.10. The highest BCUT2D eigenvalue weighted by molar-refractivity contribution is 6.33. The Kier molecular flexibility index (Phi) is 7.15. The van der Waals surface area contributed by atoms with Gasteiger partial charge in [0.15, 0.2) is 0 Å². The van der Waals surface area contributed by atoms with Gasteiger partial charge in [-0.15, -0.1) is 0 Å². The van der Waals surface area contributed by atoms with E-state index in [-0.39, 0.29) is 23.6 Å². The number of anilines is 1. The third kappa shape index (κ3) is 5.46. The van der Waals surface area contributed by atoms with E-state index in [4.69, 9.17) is 23.1 Å². The summed E-state index contributed by atoms with van der Waals surface area (Å²) in [5.41, 5.74) is 18.7. The van der Waals surface area contributed by atoms with Gasteiger partial charge in [-0.05, 0) is 62.7 Å². The number of hydrogen-bond donors (Lipinski definition) is 3. The van der Waals surface area contributed by atoms with Gasteiger partial charge in [0.2, 0.25) is 0 Å². The minimum atomic E-state index is -0.435. The van der Waals surface area contributed by atoms with Gasteiger partial charge in [0.1, 0.15) is 11.7 Å². The number of hydrogen-bond acceptors (Lipinski definition) is 5. The van der Waals surface area contributed by atoms with Crippen LogP contribution in [0, 0.1) is 5.82 Å². The third-order valence-corrected chi connectivity index (χ3v) is 7.02. The maximum atomic E-state index is 13.9. The molecule has 0 unspecified atom stereocenters. The zero-order valence-corrected chi connectivity index (χ0v) is 21.7. The second-order valence-corrected chi connectivity index (χ2v) is 10.3. The Morgan fingerprint density at radius 2 is 2.03 bits per heavy atom. The second-order valence-electron chi connectivity index (χ2n) is 9.89. The molecule has 0 radical (unpaired) electrons. The number of fused-ring (bicyclic) bond motifs is 1. The summed E-state index contributed by atoms with van der Waals surface area (Å²) in [6, 6.07) is 14.9. The minimum absolute atomic E-state index is 0.163. The molecular formula is C28H31ClFN7. The van der Waals surface area contributed by atoms with E-state index in [1.54, 1.807) is 6.20 Å². The molecule has 0 saturated heterocycles. The zero-order valence-electron chi connectivity index (χ0n) is 21.0. The van der Waals surface area contributed by atoms with Crippen molar-refractivity contribution in [2.24, 2.45) is 16.5 Å². The molecule has 2 heterocycles. The van der Waals surface area contributed by atoms with Gasteiger partial charge < -0.3 is 21.7 Å². The van der Waals surface area contributed by atoms with Crippen LogP contribution in [0.1, 0.15) is 30.4 Å². The molecule has 37 heavy (non-hydrogen) atoms. The van der Waals surface area contributed by atoms with Gasteiger partial charge >= 0.3 is 0 Å². The standard InChI is InChI=1S/C28H31ClFN7/c1-36(2)15-17-5-3-4-6-22(17)18-11-26-27(34-21-9-8-20(31)13-21)23(14-33-37(26)16-18)28(32)35-25-12-19(30)7-10-24(25)29/h3-7,10-12,14,16,20-21,34H,8-9,13,15,31H2,1-2H3,(H2,32,35)/t20-,21+/m0/s1. The van der Waals surface area contributed by atoms with Crippen LogP contribution in [0.15, 0.2) is 65.9 Å². The second kappa shape index (κ2) is 10.5. The molecule has 2 aromatic heterocycles. The van der Waals surface area contributed by atoms with Crippen LogP contribution in [0.25, 0.3) is 16.6 Å². The lowest BCUT2D eigenvalue weighted by atomic mass is 10.0. The van der Waals surface area contributed by atoms with Crippen molar-refractivity contribution in [2.45, 2.75) is 37.9 Å². The van der Waals surface area contributed by atoms with Crippen LogP contribution in [0.3, 0.4) is 0 Å². The number of benzene rings is 2. The Labute approximate surface area is 220 Å². The predicted octanol–water partition coefficient (Wildman–Crippen LogP) is 5.18. The maximum Gasteiger partial charge on any atom is 0.135 e. The normalized spacial score (nSPS) is 18.2. The first-order chi connectivity index (χ1) is 17.8. The van der Waals surface area contributed by atoms with Crippen molar-refractivity contribution in [1.29, 1.82) is 0 Å². The van der Waals surface area contributed by atoms with Crippen molar-refractivity contribution in [1.82, 2.24) is 14.5 Å². The molecular weight excluding hydrogens is 489 g/mol. The molecule has 5 rings (SSSR count). The van der Waals surface area contributed by atoms with E-state index in [1.165, 1.54) is 23.8 Å². The Balaban J connectivity index is 1.63. The van der Waals surface area contributed by atoms with Crippen molar-refractivity contribution in [3.63, 3.8) is 0 Å². The average Bonchev–Trinajstić information content (AvgIpc) is 3.47. The first-order valence-corrected chi connectivity index (χ1v) is 12.7. The molecule has 7 nitrogen and oxygen atoms in total. The Morgan fingerprint density at radius 3 is 2.78 bits per heavy atom. The highest BCUT2D eigenvalue weighted by Gasteiger charge is 2.24. The van der Waals surface area contributed by atoms with Crippen LogP contribution in [0.2, 0.25) is 5.02 Å². The van der Waals surface area contributed by atoms with Crippen LogP contribution in [0.4, 0.5) is 15.8 Å². The number of nitrogens with two attached hydrogens (primary N) is 2. The van der Waals surface area contributed by atoms with Crippen molar-refractivity contribution in [3.8, 4) is 11.1 Å². The summed E-state index contributed by atoms with van der Waals surface area (Å²) in [6.07, 6.45) is 6.49. The van der Waals surface area contributed by atoms with Crippen molar-refractivity contribution < 1.29 is 4.39 Å². The van der Waals surface area contributed by atoms with Gasteiger partial charge in [-0.1, -0.05) is 35.9 Å². The highest BCUT2D eigenvalue weighted by atomic mass is 35.5. The van der Waals surface area contributed by atoms with Crippen molar-refractivity contribution in [3.05, 3.63) is 82.9 Å². The van der Waals surface area contributed by atoms with Crippen LogP contribution in [0.5, 0.6) is 0 Å². The van der Waals surface area contributed by atoms with E-state index in [2.05, 4.69) is 58.7 Å². The fraction of sp³-hybridized carbons (Fsp3) is 0.286. The third-order valence-electron chi connectivity index (χ3n) is 6.70. The summed E-state index contributed by atoms with van der Waals surface area (Å²) in [5, 5.41) is 8.63. The number of halogens is 2. The summed E-state index contributed by atoms with van der Waals surface area (Å²) in [4.78, 5) is 6.61. The summed E-state index contributed by atoms with van der Waals surface area (Å²) in [7, 11) is 4.12. The van der Waals surface area contributed by atoms with Crippen LogP contribution >= 0.6 is 11.6 Å². The summed E-state index contributed by atoms with van der Waals surface area (Å²) >= 11 is 6.26. The van der Waals surface area contributed by atoms with Gasteiger partial charge in [0, 0.05) is 36.5 Å². The topological polar surface area (TPSA) is 97.0 Å². The van der Waals surface area contributed by atoms with E-state index >= 15 is 0 Å². The van der Waals surface area contributed by atoms with Gasteiger partial charge in [-0.25, -0.2) is 13.9 Å². The largest absolute Gasteiger partial charge is 0.383 e. The van der Waals surface area contributed by atoms with Gasteiger partial charge in [0.05, 0.1) is 33.7 Å². The summed E-state index contributed by atoms with van der Waals surface area (Å²) in [6.45, 7) is 0.820. The lowest BCUT2D eigenvalue weighted by molar-refractivity contribution is 0.403. The molecule has 0 amide bonds. The average molecular weight is 520 g/mol. The molecule has 1 aliphatic rings. The molecule has 9 heteroatoms. The summed E-state index contributed by atoms with van der Waals surface area (Å²) < 4.78 is 15.7. The van der Waals surface area contributed by atoms with Crippen molar-refractivity contribution in [2.75, 3.05) is 19.4 Å². The smallest absolute Gasteiger partial charge is 0.135 e. The van der Waals surface area contributed by atoms with Crippen LogP contribution in [-0.2, 0) is 6.54 Å². The quantitative estimate of drug-likeness (QED) is 0.231. The number of aromatic nitrogens is 2. The van der Waals surface area contributed by atoms with Gasteiger partial charge in [-0.3, -0.25) is 0 Å². The summed E-state index contributed by atoms with van der Waals surface area (Å²) in [5.74, 6) is -0.238. The molecule has 5 N–H and O–H groups in total. The Morgan fingerprint density at radius 1 is 1.22 bits per heavy atom. The molecule has 1 saturated carbocycles. The molecule has 2 aromatic carbocycles. The number of aliphatic imine (C=N–C) groups is 1. The monoisotopic (exact) mass is 519 g/mol. The number of nitrogens with zero attached hydrogens (tertiary/aromatic N) is 4. The molecule has 1 aliphatic carbocycles. The molecule has 0 bridgehead atoms. The van der Waals surface area contributed by atoms with E-state index in [9.17, 15) is 4.39 Å². The van der Waals surface area contributed by atoms with E-state index in [1.807, 2.05) is 16.8 Å². The zero-order chi connectivity index (χ0) is 26.1. The Hall–Kier alpha value is -3.46. The SMILES string of the molecule is CN(C)Cc1ccccc1-c1cc2c(N[C@@H]3CC[C@H](N)C3)c(/C(N)=N/c3cc(F)ccc3Cl)cnn2c1. The van der Waals surface area contributed by atoms with Crippen molar-refractivity contribution >= 4 is 34.3 Å². The van der Waals surface area contributed by atoms with Gasteiger partial charge in [-0.2, -0.15) is 5.10 Å². The van der Waals surface area contributed by atoms with E-state index in [0.717, 1.165) is 48.1 Å². The lowest BCUT2D eigenvalue weighted by Crippen LogP contribution is -2.24. The first-order valence-electron chi connectivity index (χ1n) is 12.3. The number of rotatable bonds is 7. The maximum absolute atomic E-state index is 13.9. The highest BCUT2D eigenvalue weighted by Crippen LogP contribution is 2.33. The first kappa shape index (κ1) is 25.2. The molecule has 192 valence electrons. The predicted molar refractivity (Wildman–Crippen MR) is 149 cm³/mol.